The van der Waals surface area contributed by atoms with E-state index in [0.717, 1.165) is 44.8 Å². The maximum atomic E-state index is 13.7. The van der Waals surface area contributed by atoms with Crippen LogP contribution in [0.15, 0.2) is 72.8 Å². The number of nitrogens with zero attached hydrogens (tertiary/aromatic N) is 4. The molecular formula is C32H35F2N5O3S. The lowest BCUT2D eigenvalue weighted by molar-refractivity contribution is -0.124. The lowest BCUT2D eigenvalue weighted by Gasteiger charge is -2.36. The number of piperazine rings is 1. The number of carbonyl (C=O) groups is 2. The van der Waals surface area contributed by atoms with Gasteiger partial charge in [0.2, 0.25) is 5.91 Å². The lowest BCUT2D eigenvalue weighted by atomic mass is 10.1. The van der Waals surface area contributed by atoms with Crippen LogP contribution in [0, 0.1) is 11.6 Å². The SMILES string of the molecule is CCOc1ccc(N2C(=O)[C@H](CC(=O)Nc3ccc(F)cc3)N(CCCN3CCN(c4ccc(F)cc4)CC3)C2=S)cc1. The quantitative estimate of drug-likeness (QED) is 0.311. The molecule has 1 atom stereocenters. The van der Waals surface area contributed by atoms with Crippen LogP contribution >= 0.6 is 12.2 Å². The molecule has 2 fully saturated rings. The van der Waals surface area contributed by atoms with Gasteiger partial charge < -0.3 is 19.9 Å². The molecule has 2 saturated heterocycles. The number of thiocarbonyl (C=S) groups is 1. The highest BCUT2D eigenvalue weighted by molar-refractivity contribution is 7.80. The van der Waals surface area contributed by atoms with Crippen LogP contribution in [0.2, 0.25) is 0 Å². The normalized spacial score (nSPS) is 17.5. The number of halogens is 2. The van der Waals surface area contributed by atoms with Crippen molar-refractivity contribution >= 4 is 46.2 Å². The molecular weight excluding hydrogens is 572 g/mol. The Morgan fingerprint density at radius 3 is 2.12 bits per heavy atom. The summed E-state index contributed by atoms with van der Waals surface area (Å²) < 4.78 is 32.2. The maximum Gasteiger partial charge on any atom is 0.256 e. The van der Waals surface area contributed by atoms with Crippen molar-refractivity contribution in [1.29, 1.82) is 0 Å². The van der Waals surface area contributed by atoms with Gasteiger partial charge in [-0.2, -0.15) is 0 Å². The zero-order valence-corrected chi connectivity index (χ0v) is 24.9. The van der Waals surface area contributed by atoms with Gasteiger partial charge in [0.15, 0.2) is 5.11 Å². The fourth-order valence-electron chi connectivity index (χ4n) is 5.45. The fourth-order valence-corrected chi connectivity index (χ4v) is 5.86. The van der Waals surface area contributed by atoms with Crippen molar-refractivity contribution in [2.75, 3.05) is 61.0 Å². The smallest absolute Gasteiger partial charge is 0.256 e. The van der Waals surface area contributed by atoms with Crippen molar-refractivity contribution in [3.05, 3.63) is 84.4 Å². The molecule has 2 aliphatic heterocycles. The zero-order valence-electron chi connectivity index (χ0n) is 24.0. The van der Waals surface area contributed by atoms with Crippen molar-refractivity contribution in [1.82, 2.24) is 9.80 Å². The number of anilines is 3. The highest BCUT2D eigenvalue weighted by Crippen LogP contribution is 2.29. The Balaban J connectivity index is 1.23. The molecule has 2 amide bonds. The summed E-state index contributed by atoms with van der Waals surface area (Å²) in [6.07, 6.45) is 0.650. The molecule has 2 heterocycles. The molecule has 0 aliphatic carbocycles. The van der Waals surface area contributed by atoms with E-state index < -0.39 is 11.9 Å². The van der Waals surface area contributed by atoms with Crippen LogP contribution in [0.25, 0.3) is 0 Å². The van der Waals surface area contributed by atoms with E-state index in [-0.39, 0.29) is 24.1 Å². The summed E-state index contributed by atoms with van der Waals surface area (Å²) >= 11 is 5.81. The van der Waals surface area contributed by atoms with Crippen LogP contribution < -0.4 is 19.9 Å². The predicted octanol–water partition coefficient (Wildman–Crippen LogP) is 4.91. The molecule has 3 aromatic carbocycles. The summed E-state index contributed by atoms with van der Waals surface area (Å²) in [4.78, 5) is 34.7. The van der Waals surface area contributed by atoms with E-state index in [1.807, 2.05) is 11.8 Å². The van der Waals surface area contributed by atoms with Crippen molar-refractivity contribution in [2.24, 2.45) is 0 Å². The molecule has 0 spiro atoms. The lowest BCUT2D eigenvalue weighted by Crippen LogP contribution is -2.47. The van der Waals surface area contributed by atoms with Gasteiger partial charge in [0.25, 0.3) is 5.91 Å². The maximum absolute atomic E-state index is 13.7. The van der Waals surface area contributed by atoms with Crippen molar-refractivity contribution in [2.45, 2.75) is 25.8 Å². The fraction of sp³-hybridized carbons (Fsp3) is 0.344. The summed E-state index contributed by atoms with van der Waals surface area (Å²) in [5, 5.41) is 3.12. The summed E-state index contributed by atoms with van der Waals surface area (Å²) in [5.41, 5.74) is 2.08. The van der Waals surface area contributed by atoms with E-state index in [1.165, 1.54) is 41.3 Å². The number of rotatable bonds is 11. The third-order valence-corrected chi connectivity index (χ3v) is 8.09. The average molecular weight is 608 g/mol. The van der Waals surface area contributed by atoms with E-state index in [4.69, 9.17) is 17.0 Å². The van der Waals surface area contributed by atoms with Crippen molar-refractivity contribution in [3.8, 4) is 5.75 Å². The van der Waals surface area contributed by atoms with Crippen LogP contribution in [0.3, 0.4) is 0 Å². The number of amides is 2. The molecule has 1 N–H and O–H groups in total. The van der Waals surface area contributed by atoms with Gasteiger partial charge in [0.1, 0.15) is 23.4 Å². The van der Waals surface area contributed by atoms with Gasteiger partial charge in [-0.25, -0.2) is 8.78 Å². The van der Waals surface area contributed by atoms with Crippen LogP contribution in [-0.2, 0) is 9.59 Å². The molecule has 8 nitrogen and oxygen atoms in total. The van der Waals surface area contributed by atoms with Gasteiger partial charge in [0, 0.05) is 44.1 Å². The first-order chi connectivity index (χ1) is 20.8. The van der Waals surface area contributed by atoms with E-state index in [9.17, 15) is 18.4 Å². The summed E-state index contributed by atoms with van der Waals surface area (Å²) in [5.74, 6) is -0.577. The molecule has 226 valence electrons. The van der Waals surface area contributed by atoms with Crippen molar-refractivity contribution < 1.29 is 23.1 Å². The minimum atomic E-state index is -0.769. The minimum absolute atomic E-state index is 0.0970. The van der Waals surface area contributed by atoms with Crippen LogP contribution in [0.4, 0.5) is 25.8 Å². The zero-order chi connectivity index (χ0) is 30.3. The molecule has 0 unspecified atom stereocenters. The molecule has 0 aromatic heterocycles. The third-order valence-electron chi connectivity index (χ3n) is 7.67. The van der Waals surface area contributed by atoms with Gasteiger partial charge in [0.05, 0.1) is 18.7 Å². The summed E-state index contributed by atoms with van der Waals surface area (Å²) in [6, 6.07) is 18.5. The Morgan fingerprint density at radius 1 is 0.884 bits per heavy atom. The largest absolute Gasteiger partial charge is 0.494 e. The van der Waals surface area contributed by atoms with E-state index in [0.29, 0.717) is 35.4 Å². The van der Waals surface area contributed by atoms with Gasteiger partial charge in [-0.15, -0.1) is 0 Å². The second kappa shape index (κ2) is 13.9. The topological polar surface area (TPSA) is 68.4 Å². The third kappa shape index (κ3) is 7.47. The summed E-state index contributed by atoms with van der Waals surface area (Å²) in [6.45, 7) is 7.14. The van der Waals surface area contributed by atoms with E-state index in [2.05, 4.69) is 15.1 Å². The molecule has 0 saturated carbocycles. The minimum Gasteiger partial charge on any atom is -0.494 e. The number of hydrogen-bond acceptors (Lipinski definition) is 6. The standard InChI is InChI=1S/C32H35F2N5O3S/c1-2-42-28-14-12-27(13-15-28)39-31(41)29(22-30(40)35-25-8-4-23(33)5-9-25)38(32(39)43)17-3-16-36-18-20-37(21-19-36)26-10-6-24(34)7-11-26/h4-15,29H,2-3,16-22H2,1H3,(H,35,40)/t29-/m0/s1. The van der Waals surface area contributed by atoms with Gasteiger partial charge in [-0.1, -0.05) is 0 Å². The average Bonchev–Trinajstić information content (AvgIpc) is 3.23. The van der Waals surface area contributed by atoms with Crippen LogP contribution in [0.5, 0.6) is 5.75 Å². The number of benzene rings is 3. The first-order valence-electron chi connectivity index (χ1n) is 14.5. The van der Waals surface area contributed by atoms with Gasteiger partial charge in [-0.3, -0.25) is 19.4 Å². The molecule has 5 rings (SSSR count). The highest BCUT2D eigenvalue weighted by Gasteiger charge is 2.44. The molecule has 3 aromatic rings. The molecule has 0 bridgehead atoms. The van der Waals surface area contributed by atoms with Crippen LogP contribution in [-0.4, -0.2) is 78.6 Å². The molecule has 43 heavy (non-hydrogen) atoms. The van der Waals surface area contributed by atoms with Gasteiger partial charge in [-0.05, 0) is 105 Å². The Hall–Kier alpha value is -4.09. The second-order valence-electron chi connectivity index (χ2n) is 10.5. The monoisotopic (exact) mass is 607 g/mol. The van der Waals surface area contributed by atoms with Gasteiger partial charge >= 0.3 is 0 Å². The number of hydrogen-bond donors (Lipinski definition) is 1. The second-order valence-corrected chi connectivity index (χ2v) is 10.9. The predicted molar refractivity (Wildman–Crippen MR) is 168 cm³/mol. The Bertz CT molecular complexity index is 1410. The van der Waals surface area contributed by atoms with Crippen LogP contribution in [0.1, 0.15) is 19.8 Å². The Kier molecular flexibility index (Phi) is 9.83. The number of carbonyl (C=O) groups excluding carboxylic acids is 2. The summed E-state index contributed by atoms with van der Waals surface area (Å²) in [7, 11) is 0. The molecule has 11 heteroatoms. The Labute approximate surface area is 255 Å². The number of ether oxygens (including phenoxy) is 1. The highest BCUT2D eigenvalue weighted by atomic mass is 32.1. The Morgan fingerprint density at radius 2 is 1.49 bits per heavy atom. The molecule has 2 aliphatic rings. The van der Waals surface area contributed by atoms with E-state index >= 15 is 0 Å². The van der Waals surface area contributed by atoms with Crippen molar-refractivity contribution in [3.63, 3.8) is 0 Å². The first-order valence-corrected chi connectivity index (χ1v) is 14.9. The van der Waals surface area contributed by atoms with E-state index in [1.54, 1.807) is 36.4 Å². The molecule has 0 radical (unpaired) electrons. The number of nitrogens with one attached hydrogen (secondary N) is 1. The first kappa shape index (κ1) is 30.4.